The average molecular weight is 238 g/mol. The van der Waals surface area contributed by atoms with Crippen LogP contribution in [0.5, 0.6) is 5.75 Å². The first-order valence-corrected chi connectivity index (χ1v) is 5.55. The number of nitrogens with two attached hydrogens (primary N) is 1. The first-order chi connectivity index (χ1) is 7.69. The minimum atomic E-state index is -0.0884. The molecule has 0 aliphatic carbocycles. The smallest absolute Gasteiger partial charge is 0.123 e. The molecule has 0 aliphatic rings. The van der Waals surface area contributed by atoms with Crippen molar-refractivity contribution >= 4 is 11.6 Å². The van der Waals surface area contributed by atoms with E-state index in [-0.39, 0.29) is 6.04 Å². The fourth-order valence-electron chi connectivity index (χ4n) is 1.50. The first-order valence-electron chi connectivity index (χ1n) is 5.17. The molecule has 0 saturated heterocycles. The molecule has 0 spiro atoms. The third-order valence-electron chi connectivity index (χ3n) is 2.35. The van der Waals surface area contributed by atoms with Crippen LogP contribution in [0, 0.1) is 11.8 Å². The summed E-state index contributed by atoms with van der Waals surface area (Å²) in [6, 6.07) is 5.39. The molecule has 0 aliphatic heterocycles. The van der Waals surface area contributed by atoms with E-state index in [1.165, 1.54) is 0 Å². The van der Waals surface area contributed by atoms with E-state index < -0.39 is 0 Å². The molecule has 0 radical (unpaired) electrons. The van der Waals surface area contributed by atoms with Crippen molar-refractivity contribution in [3.05, 3.63) is 28.8 Å². The summed E-state index contributed by atoms with van der Waals surface area (Å²) in [4.78, 5) is 0. The van der Waals surface area contributed by atoms with Crippen molar-refractivity contribution in [2.24, 2.45) is 5.73 Å². The highest BCUT2D eigenvalue weighted by atomic mass is 35.5. The minimum absolute atomic E-state index is 0.0884. The van der Waals surface area contributed by atoms with Gasteiger partial charge >= 0.3 is 0 Å². The molecular weight excluding hydrogens is 222 g/mol. The molecule has 1 atom stereocenters. The van der Waals surface area contributed by atoms with Crippen molar-refractivity contribution in [3.8, 4) is 17.6 Å². The third kappa shape index (κ3) is 3.44. The van der Waals surface area contributed by atoms with E-state index in [0.717, 1.165) is 24.2 Å². The Labute approximate surface area is 102 Å². The normalized spacial score (nSPS) is 11.5. The van der Waals surface area contributed by atoms with Crippen molar-refractivity contribution in [3.63, 3.8) is 0 Å². The van der Waals surface area contributed by atoms with Crippen molar-refractivity contribution in [1.29, 1.82) is 0 Å². The number of methoxy groups -OCH3 is 1. The van der Waals surface area contributed by atoms with Gasteiger partial charge in [-0.2, -0.15) is 0 Å². The molecule has 16 heavy (non-hydrogen) atoms. The van der Waals surface area contributed by atoms with Crippen molar-refractivity contribution in [2.45, 2.75) is 25.8 Å². The molecule has 0 saturated carbocycles. The van der Waals surface area contributed by atoms with Gasteiger partial charge in [-0.25, -0.2) is 0 Å². The Morgan fingerprint density at radius 2 is 2.25 bits per heavy atom. The van der Waals surface area contributed by atoms with Gasteiger partial charge in [-0.1, -0.05) is 11.6 Å². The van der Waals surface area contributed by atoms with Gasteiger partial charge in [0.1, 0.15) is 5.75 Å². The molecule has 2 N–H and O–H groups in total. The summed E-state index contributed by atoms with van der Waals surface area (Å²) in [5.41, 5.74) is 7.01. The van der Waals surface area contributed by atoms with Crippen molar-refractivity contribution in [1.82, 2.24) is 0 Å². The summed E-state index contributed by atoms with van der Waals surface area (Å²) in [5, 5.41) is 0.674. The molecule has 86 valence electrons. The van der Waals surface area contributed by atoms with E-state index in [0.29, 0.717) is 5.02 Å². The van der Waals surface area contributed by atoms with Gasteiger partial charge < -0.3 is 10.5 Å². The molecule has 1 aromatic carbocycles. The van der Waals surface area contributed by atoms with E-state index in [4.69, 9.17) is 22.1 Å². The topological polar surface area (TPSA) is 35.2 Å². The van der Waals surface area contributed by atoms with Crippen LogP contribution < -0.4 is 10.5 Å². The molecule has 1 unspecified atom stereocenters. The Balaban J connectivity index is 2.82. The summed E-state index contributed by atoms with van der Waals surface area (Å²) in [6.07, 6.45) is 1.59. The zero-order valence-electron chi connectivity index (χ0n) is 9.59. The monoisotopic (exact) mass is 237 g/mol. The Bertz CT molecular complexity index is 406. The largest absolute Gasteiger partial charge is 0.496 e. The summed E-state index contributed by atoms with van der Waals surface area (Å²) < 4.78 is 5.25. The highest BCUT2D eigenvalue weighted by Crippen LogP contribution is 2.29. The van der Waals surface area contributed by atoms with Gasteiger partial charge in [0.15, 0.2) is 0 Å². The van der Waals surface area contributed by atoms with E-state index >= 15 is 0 Å². The maximum Gasteiger partial charge on any atom is 0.123 e. The predicted molar refractivity (Wildman–Crippen MR) is 67.6 cm³/mol. The number of ether oxygens (including phenoxy) is 1. The Kier molecular flexibility index (Phi) is 5.18. The zero-order chi connectivity index (χ0) is 12.0. The molecular formula is C13H16ClNO. The fourth-order valence-corrected chi connectivity index (χ4v) is 1.68. The molecule has 0 aromatic heterocycles. The molecule has 0 fully saturated rings. The highest BCUT2D eigenvalue weighted by molar-refractivity contribution is 6.30. The third-order valence-corrected chi connectivity index (χ3v) is 2.58. The second kappa shape index (κ2) is 6.42. The van der Waals surface area contributed by atoms with Gasteiger partial charge in [0.2, 0.25) is 0 Å². The summed E-state index contributed by atoms with van der Waals surface area (Å²) in [6.45, 7) is 1.82. The SMILES string of the molecule is CC#CCCC(N)c1cc(Cl)ccc1OC. The maximum atomic E-state index is 6.07. The lowest BCUT2D eigenvalue weighted by Gasteiger charge is -2.14. The lowest BCUT2D eigenvalue weighted by atomic mass is 10.0. The molecule has 0 bridgehead atoms. The number of hydrogen-bond donors (Lipinski definition) is 1. The van der Waals surface area contributed by atoms with E-state index in [1.807, 2.05) is 19.1 Å². The van der Waals surface area contributed by atoms with Crippen LogP contribution in [0.15, 0.2) is 18.2 Å². The lowest BCUT2D eigenvalue weighted by molar-refractivity contribution is 0.404. The predicted octanol–water partition coefficient (Wildman–Crippen LogP) is 3.15. The van der Waals surface area contributed by atoms with Gasteiger partial charge in [0, 0.05) is 23.0 Å². The standard InChI is InChI=1S/C13H16ClNO/c1-3-4-5-6-12(15)11-9-10(14)7-8-13(11)16-2/h7-9,12H,5-6,15H2,1-2H3. The van der Waals surface area contributed by atoms with Crippen LogP contribution >= 0.6 is 11.6 Å². The van der Waals surface area contributed by atoms with Crippen LogP contribution in [-0.4, -0.2) is 7.11 Å². The van der Waals surface area contributed by atoms with Crippen LogP contribution in [0.4, 0.5) is 0 Å². The van der Waals surface area contributed by atoms with Gasteiger partial charge in [0.05, 0.1) is 7.11 Å². The lowest BCUT2D eigenvalue weighted by Crippen LogP contribution is -2.11. The van der Waals surface area contributed by atoms with Crippen LogP contribution in [0.25, 0.3) is 0 Å². The molecule has 2 nitrogen and oxygen atoms in total. The number of benzene rings is 1. The minimum Gasteiger partial charge on any atom is -0.496 e. The second-order valence-corrected chi connectivity index (χ2v) is 3.89. The molecule has 0 amide bonds. The van der Waals surface area contributed by atoms with Gasteiger partial charge in [0.25, 0.3) is 0 Å². The zero-order valence-corrected chi connectivity index (χ0v) is 10.3. The van der Waals surface area contributed by atoms with Crippen LogP contribution in [-0.2, 0) is 0 Å². The average Bonchev–Trinajstić information content (AvgIpc) is 2.29. The number of hydrogen-bond acceptors (Lipinski definition) is 2. The van der Waals surface area contributed by atoms with E-state index in [2.05, 4.69) is 11.8 Å². The quantitative estimate of drug-likeness (QED) is 0.817. The maximum absolute atomic E-state index is 6.07. The fraction of sp³-hybridized carbons (Fsp3) is 0.385. The number of halogens is 1. The Hall–Kier alpha value is -1.17. The van der Waals surface area contributed by atoms with Gasteiger partial charge in [-0.15, -0.1) is 11.8 Å². The Morgan fingerprint density at radius 1 is 1.50 bits per heavy atom. The highest BCUT2D eigenvalue weighted by Gasteiger charge is 2.11. The van der Waals surface area contributed by atoms with Gasteiger partial charge in [-0.3, -0.25) is 0 Å². The second-order valence-electron chi connectivity index (χ2n) is 3.46. The summed E-state index contributed by atoms with van der Waals surface area (Å²) in [7, 11) is 1.63. The van der Waals surface area contributed by atoms with Crippen molar-refractivity contribution in [2.75, 3.05) is 7.11 Å². The summed E-state index contributed by atoms with van der Waals surface area (Å²) >= 11 is 5.94. The molecule has 1 rings (SSSR count). The molecule has 0 heterocycles. The molecule has 1 aromatic rings. The van der Waals surface area contributed by atoms with E-state index in [9.17, 15) is 0 Å². The van der Waals surface area contributed by atoms with E-state index in [1.54, 1.807) is 13.2 Å². The number of rotatable bonds is 4. The Morgan fingerprint density at radius 3 is 2.88 bits per heavy atom. The van der Waals surface area contributed by atoms with Crippen molar-refractivity contribution < 1.29 is 4.74 Å². The van der Waals surface area contributed by atoms with Gasteiger partial charge in [-0.05, 0) is 31.5 Å². The van der Waals surface area contributed by atoms with Crippen LogP contribution in [0.1, 0.15) is 31.4 Å². The molecule has 3 heteroatoms. The van der Waals surface area contributed by atoms with Crippen LogP contribution in [0.2, 0.25) is 5.02 Å². The van der Waals surface area contributed by atoms with Crippen LogP contribution in [0.3, 0.4) is 0 Å². The summed E-state index contributed by atoms with van der Waals surface area (Å²) in [5.74, 6) is 6.63. The first kappa shape index (κ1) is 12.9.